The van der Waals surface area contributed by atoms with Crippen molar-refractivity contribution < 1.29 is 14.3 Å². The third kappa shape index (κ3) is 2.73. The van der Waals surface area contributed by atoms with Crippen LogP contribution in [0, 0.1) is 0 Å². The van der Waals surface area contributed by atoms with E-state index in [0.717, 1.165) is 29.9 Å². The fourth-order valence-electron chi connectivity index (χ4n) is 3.17. The zero-order valence-electron chi connectivity index (χ0n) is 13.2. The molecule has 0 aliphatic carbocycles. The molecule has 0 atom stereocenters. The third-order valence-electron chi connectivity index (χ3n) is 4.45. The van der Waals surface area contributed by atoms with E-state index < -0.39 is 5.97 Å². The van der Waals surface area contributed by atoms with Crippen molar-refractivity contribution in [1.29, 1.82) is 0 Å². The van der Waals surface area contributed by atoms with Crippen LogP contribution in [0.2, 0.25) is 0 Å². The molecule has 0 amide bonds. The molecule has 3 aromatic rings. The molecule has 2 aromatic carbocycles. The molecule has 1 aromatic heterocycles. The van der Waals surface area contributed by atoms with E-state index in [-0.39, 0.29) is 5.56 Å². The highest BCUT2D eigenvalue weighted by molar-refractivity contribution is 5.89. The lowest BCUT2D eigenvalue weighted by Gasteiger charge is -2.28. The van der Waals surface area contributed by atoms with E-state index in [0.29, 0.717) is 11.5 Å². The van der Waals surface area contributed by atoms with Gasteiger partial charge in [0.15, 0.2) is 5.58 Å². The number of benzene rings is 2. The lowest BCUT2D eigenvalue weighted by Crippen LogP contribution is -2.29. The standard InChI is InChI=1S/C19H18N2O3/c22-19(23)14-6-4-5-13(11-14)18-20-16-8-7-15(12-17(16)24-18)21-9-2-1-3-10-21/h4-8,11-12H,1-3,9-10H2,(H,22,23). The zero-order valence-corrected chi connectivity index (χ0v) is 13.2. The summed E-state index contributed by atoms with van der Waals surface area (Å²) in [5, 5.41) is 9.12. The quantitative estimate of drug-likeness (QED) is 0.783. The van der Waals surface area contributed by atoms with Gasteiger partial charge in [0.25, 0.3) is 0 Å². The van der Waals surface area contributed by atoms with Gasteiger partial charge in [-0.2, -0.15) is 0 Å². The molecule has 5 nitrogen and oxygen atoms in total. The molecule has 0 bridgehead atoms. The first kappa shape index (κ1) is 14.8. The summed E-state index contributed by atoms with van der Waals surface area (Å²) < 4.78 is 5.89. The summed E-state index contributed by atoms with van der Waals surface area (Å²) in [7, 11) is 0. The maximum absolute atomic E-state index is 11.1. The lowest BCUT2D eigenvalue weighted by molar-refractivity contribution is 0.0697. The van der Waals surface area contributed by atoms with E-state index in [9.17, 15) is 4.79 Å². The first-order chi connectivity index (χ1) is 11.7. The number of aromatic nitrogens is 1. The first-order valence-corrected chi connectivity index (χ1v) is 8.20. The Labute approximate surface area is 139 Å². The number of piperidine rings is 1. The molecule has 0 unspecified atom stereocenters. The Hall–Kier alpha value is -2.82. The molecule has 4 rings (SSSR count). The molecule has 1 aliphatic rings. The van der Waals surface area contributed by atoms with Crippen molar-refractivity contribution >= 4 is 22.8 Å². The number of hydrogen-bond acceptors (Lipinski definition) is 4. The Balaban J connectivity index is 1.70. The topological polar surface area (TPSA) is 66.6 Å². The third-order valence-corrected chi connectivity index (χ3v) is 4.45. The SMILES string of the molecule is O=C(O)c1cccc(-c2nc3ccc(N4CCCCC4)cc3o2)c1. The molecule has 0 saturated carbocycles. The van der Waals surface area contributed by atoms with Crippen molar-refractivity contribution in [1.82, 2.24) is 4.98 Å². The normalized spacial score (nSPS) is 14.9. The summed E-state index contributed by atoms with van der Waals surface area (Å²) in [5.41, 5.74) is 3.57. The van der Waals surface area contributed by atoms with Crippen LogP contribution in [0.25, 0.3) is 22.6 Å². The van der Waals surface area contributed by atoms with Gasteiger partial charge in [0.05, 0.1) is 5.56 Å². The van der Waals surface area contributed by atoms with Gasteiger partial charge in [0.1, 0.15) is 5.52 Å². The Bertz CT molecular complexity index is 895. The second kappa shape index (κ2) is 6.00. The number of carbonyl (C=O) groups is 1. The molecule has 1 N–H and O–H groups in total. The van der Waals surface area contributed by atoms with Gasteiger partial charge in [-0.3, -0.25) is 0 Å². The van der Waals surface area contributed by atoms with Crippen LogP contribution in [0.1, 0.15) is 29.6 Å². The number of fused-ring (bicyclic) bond motifs is 1. The van der Waals surface area contributed by atoms with E-state index in [1.807, 2.05) is 18.2 Å². The molecule has 2 heterocycles. The Morgan fingerprint density at radius 3 is 2.71 bits per heavy atom. The van der Waals surface area contributed by atoms with Crippen LogP contribution in [0.3, 0.4) is 0 Å². The summed E-state index contributed by atoms with van der Waals surface area (Å²) in [6.45, 7) is 2.15. The van der Waals surface area contributed by atoms with Gasteiger partial charge in [0.2, 0.25) is 5.89 Å². The van der Waals surface area contributed by atoms with Crippen molar-refractivity contribution in [2.75, 3.05) is 18.0 Å². The maximum Gasteiger partial charge on any atom is 0.335 e. The molecule has 122 valence electrons. The van der Waals surface area contributed by atoms with Crippen molar-refractivity contribution in [2.24, 2.45) is 0 Å². The summed E-state index contributed by atoms with van der Waals surface area (Å²) >= 11 is 0. The van der Waals surface area contributed by atoms with E-state index >= 15 is 0 Å². The van der Waals surface area contributed by atoms with Crippen molar-refractivity contribution in [2.45, 2.75) is 19.3 Å². The fraction of sp³-hybridized carbons (Fsp3) is 0.263. The molecule has 1 aliphatic heterocycles. The molecular formula is C19H18N2O3. The first-order valence-electron chi connectivity index (χ1n) is 8.20. The second-order valence-electron chi connectivity index (χ2n) is 6.10. The summed E-state index contributed by atoms with van der Waals surface area (Å²) in [6, 6.07) is 12.7. The van der Waals surface area contributed by atoms with Crippen LogP contribution < -0.4 is 4.90 Å². The fourth-order valence-corrected chi connectivity index (χ4v) is 3.17. The van der Waals surface area contributed by atoms with Crippen LogP contribution in [-0.2, 0) is 0 Å². The molecule has 5 heteroatoms. The van der Waals surface area contributed by atoms with Crippen LogP contribution in [0.4, 0.5) is 5.69 Å². The van der Waals surface area contributed by atoms with E-state index in [2.05, 4.69) is 16.0 Å². The summed E-state index contributed by atoms with van der Waals surface area (Å²) in [5.74, 6) is -0.510. The molecule has 1 saturated heterocycles. The number of hydrogen-bond donors (Lipinski definition) is 1. The molecule has 24 heavy (non-hydrogen) atoms. The largest absolute Gasteiger partial charge is 0.478 e. The highest BCUT2D eigenvalue weighted by Gasteiger charge is 2.14. The number of carboxylic acid groups (broad SMARTS) is 1. The number of aromatic carboxylic acids is 1. The Kier molecular flexibility index (Phi) is 3.69. The Morgan fingerprint density at radius 2 is 1.92 bits per heavy atom. The van der Waals surface area contributed by atoms with Crippen LogP contribution >= 0.6 is 0 Å². The van der Waals surface area contributed by atoms with Crippen LogP contribution in [-0.4, -0.2) is 29.1 Å². The van der Waals surface area contributed by atoms with Crippen molar-refractivity contribution in [3.05, 3.63) is 48.0 Å². The minimum atomic E-state index is -0.958. The molecular weight excluding hydrogens is 304 g/mol. The molecule has 1 fully saturated rings. The Morgan fingerprint density at radius 1 is 1.08 bits per heavy atom. The van der Waals surface area contributed by atoms with Gasteiger partial charge in [-0.15, -0.1) is 0 Å². The zero-order chi connectivity index (χ0) is 16.5. The smallest absolute Gasteiger partial charge is 0.335 e. The predicted molar refractivity (Wildman–Crippen MR) is 92.5 cm³/mol. The minimum absolute atomic E-state index is 0.226. The van der Waals surface area contributed by atoms with Gasteiger partial charge in [0, 0.05) is 30.4 Å². The van der Waals surface area contributed by atoms with Gasteiger partial charge in [-0.05, 0) is 49.6 Å². The van der Waals surface area contributed by atoms with Crippen LogP contribution in [0.15, 0.2) is 46.9 Å². The average molecular weight is 322 g/mol. The molecule has 0 radical (unpaired) electrons. The predicted octanol–water partition coefficient (Wildman–Crippen LogP) is 4.18. The van der Waals surface area contributed by atoms with E-state index in [1.165, 1.54) is 19.3 Å². The van der Waals surface area contributed by atoms with Crippen LogP contribution in [0.5, 0.6) is 0 Å². The average Bonchev–Trinajstić information content (AvgIpc) is 3.06. The summed E-state index contributed by atoms with van der Waals surface area (Å²) in [6.07, 6.45) is 3.74. The monoisotopic (exact) mass is 322 g/mol. The van der Waals surface area contributed by atoms with Gasteiger partial charge >= 0.3 is 5.97 Å². The number of rotatable bonds is 3. The van der Waals surface area contributed by atoms with Crippen molar-refractivity contribution in [3.8, 4) is 11.5 Å². The number of carboxylic acids is 1. The number of anilines is 1. The van der Waals surface area contributed by atoms with Gasteiger partial charge < -0.3 is 14.4 Å². The highest BCUT2D eigenvalue weighted by atomic mass is 16.4. The molecule has 0 spiro atoms. The maximum atomic E-state index is 11.1. The number of oxazole rings is 1. The highest BCUT2D eigenvalue weighted by Crippen LogP contribution is 2.29. The van der Waals surface area contributed by atoms with Gasteiger partial charge in [-0.25, -0.2) is 9.78 Å². The van der Waals surface area contributed by atoms with E-state index in [1.54, 1.807) is 18.2 Å². The second-order valence-corrected chi connectivity index (χ2v) is 6.10. The summed E-state index contributed by atoms with van der Waals surface area (Å²) in [4.78, 5) is 18.0. The van der Waals surface area contributed by atoms with E-state index in [4.69, 9.17) is 9.52 Å². The van der Waals surface area contributed by atoms with Crippen molar-refractivity contribution in [3.63, 3.8) is 0 Å². The lowest BCUT2D eigenvalue weighted by atomic mass is 10.1. The van der Waals surface area contributed by atoms with Gasteiger partial charge in [-0.1, -0.05) is 6.07 Å². The minimum Gasteiger partial charge on any atom is -0.478 e. The number of nitrogens with zero attached hydrogens (tertiary/aromatic N) is 2.